The highest BCUT2D eigenvalue weighted by molar-refractivity contribution is 7.19. The van der Waals surface area contributed by atoms with E-state index in [1.54, 1.807) is 24.4 Å². The molecule has 7 heteroatoms. The minimum Gasteiger partial charge on any atom is -0.438 e. The number of benzene rings is 2. The van der Waals surface area contributed by atoms with E-state index in [0.717, 1.165) is 10.2 Å². The molecular weight excluding hydrogens is 456 g/mol. The smallest absolute Gasteiger partial charge is 0.269 e. The predicted molar refractivity (Wildman–Crippen MR) is 140 cm³/mol. The lowest BCUT2D eigenvalue weighted by atomic mass is 9.87. The zero-order valence-corrected chi connectivity index (χ0v) is 20.3. The van der Waals surface area contributed by atoms with Gasteiger partial charge in [0.1, 0.15) is 28.0 Å². The summed E-state index contributed by atoms with van der Waals surface area (Å²) in [5.41, 5.74) is 2.56. The number of allylic oxidation sites excluding steroid dienone is 1. The molecule has 0 saturated heterocycles. The lowest BCUT2D eigenvalue weighted by Crippen LogP contribution is -2.18. The summed E-state index contributed by atoms with van der Waals surface area (Å²) in [7, 11) is 0. The molecule has 0 aliphatic rings. The Morgan fingerprint density at radius 1 is 1.03 bits per heavy atom. The topological polar surface area (TPSA) is 80.3 Å². The minimum atomic E-state index is -0.328. The van der Waals surface area contributed by atoms with Crippen LogP contribution in [0.5, 0.6) is 11.6 Å². The molecule has 0 amide bonds. The lowest BCUT2D eigenvalue weighted by molar-refractivity contribution is 0.460. The number of hydrogen-bond donors (Lipinski definition) is 0. The van der Waals surface area contributed by atoms with E-state index in [-0.39, 0.29) is 28.0 Å². The molecule has 0 unspecified atom stereocenters. The van der Waals surface area contributed by atoms with E-state index in [4.69, 9.17) is 4.74 Å². The summed E-state index contributed by atoms with van der Waals surface area (Å²) in [6.07, 6.45) is 3.17. The molecule has 3 aromatic heterocycles. The zero-order chi connectivity index (χ0) is 24.6. The molecule has 0 atom stereocenters. The Labute approximate surface area is 206 Å². The van der Waals surface area contributed by atoms with Crippen molar-refractivity contribution in [2.75, 3.05) is 0 Å². The van der Waals surface area contributed by atoms with E-state index < -0.39 is 0 Å². The van der Waals surface area contributed by atoms with E-state index in [0.29, 0.717) is 16.4 Å². The molecule has 0 fully saturated rings. The average Bonchev–Trinajstić information content (AvgIpc) is 3.28. The van der Waals surface area contributed by atoms with Gasteiger partial charge in [0, 0.05) is 6.20 Å². The Hall–Kier alpha value is -4.28. The monoisotopic (exact) mass is 478 g/mol. The minimum absolute atomic E-state index is 0.00536. The second kappa shape index (κ2) is 8.82. The second-order valence-corrected chi connectivity index (χ2v) is 10.1. The van der Waals surface area contributed by atoms with Crippen LogP contribution in [0.3, 0.4) is 0 Å². The summed E-state index contributed by atoms with van der Waals surface area (Å²) in [6.45, 7) is 6.43. The molecule has 0 saturated carbocycles. The molecule has 3 heterocycles. The van der Waals surface area contributed by atoms with Gasteiger partial charge in [0.15, 0.2) is 0 Å². The fourth-order valence-electron chi connectivity index (χ4n) is 3.69. The Bertz CT molecular complexity index is 1650. The molecule has 0 N–H and O–H groups in total. The van der Waals surface area contributed by atoms with Crippen molar-refractivity contribution in [3.05, 3.63) is 99.4 Å². The van der Waals surface area contributed by atoms with Gasteiger partial charge in [-0.25, -0.2) is 4.98 Å². The third-order valence-corrected chi connectivity index (χ3v) is 6.67. The van der Waals surface area contributed by atoms with Crippen LogP contribution in [0.4, 0.5) is 0 Å². The lowest BCUT2D eigenvalue weighted by Gasteiger charge is -2.19. The Kier molecular flexibility index (Phi) is 5.67. The number of hydrogen-bond acceptors (Lipinski definition) is 6. The molecule has 5 rings (SSSR count). The van der Waals surface area contributed by atoms with Crippen LogP contribution in [0.15, 0.2) is 77.7 Å². The van der Waals surface area contributed by atoms with Crippen LogP contribution in [0.1, 0.15) is 36.9 Å². The second-order valence-electron chi connectivity index (χ2n) is 9.10. The molecule has 6 nitrogen and oxygen atoms in total. The molecule has 35 heavy (non-hydrogen) atoms. The first-order valence-corrected chi connectivity index (χ1v) is 11.9. The molecule has 0 aliphatic heterocycles. The van der Waals surface area contributed by atoms with Crippen molar-refractivity contribution >= 4 is 38.8 Å². The van der Waals surface area contributed by atoms with Crippen LogP contribution in [0, 0.1) is 11.3 Å². The van der Waals surface area contributed by atoms with Gasteiger partial charge in [0.05, 0.1) is 15.8 Å². The van der Waals surface area contributed by atoms with Crippen molar-refractivity contribution in [2.45, 2.75) is 26.2 Å². The van der Waals surface area contributed by atoms with Gasteiger partial charge in [0.2, 0.25) is 5.88 Å². The zero-order valence-electron chi connectivity index (χ0n) is 19.5. The maximum absolute atomic E-state index is 13.5. The quantitative estimate of drug-likeness (QED) is 0.277. The van der Waals surface area contributed by atoms with Gasteiger partial charge in [-0.2, -0.15) is 10.2 Å². The van der Waals surface area contributed by atoms with Gasteiger partial charge in [-0.05, 0) is 53.5 Å². The highest BCUT2D eigenvalue weighted by atomic mass is 32.1. The summed E-state index contributed by atoms with van der Waals surface area (Å²) < 4.78 is 8.52. The number of pyridine rings is 1. The van der Waals surface area contributed by atoms with E-state index >= 15 is 0 Å². The van der Waals surface area contributed by atoms with Gasteiger partial charge >= 0.3 is 0 Å². The van der Waals surface area contributed by atoms with Crippen molar-refractivity contribution in [3.63, 3.8) is 0 Å². The van der Waals surface area contributed by atoms with Crippen molar-refractivity contribution in [1.29, 1.82) is 5.26 Å². The first-order valence-electron chi connectivity index (χ1n) is 11.1. The van der Waals surface area contributed by atoms with E-state index in [2.05, 4.69) is 36.8 Å². The first kappa shape index (κ1) is 22.5. The summed E-state index contributed by atoms with van der Waals surface area (Å²) in [4.78, 5) is 22.6. The molecule has 0 spiro atoms. The standard InChI is InChI=1S/C28H22N4O2S/c1-28(2,3)19-11-13-20(14-12-19)34-25-21(27(33)32-15-7-6-10-24(32)31-25)16-18(17-29)26-30-22-8-4-5-9-23(22)35-26/h4-16H,1-3H3/b18-16+. The number of ether oxygens (including phenoxy) is 1. The van der Waals surface area contributed by atoms with Gasteiger partial charge in [-0.15, -0.1) is 11.3 Å². The largest absolute Gasteiger partial charge is 0.438 e. The number of rotatable bonds is 4. The van der Waals surface area contributed by atoms with Crippen LogP contribution in [0.2, 0.25) is 0 Å². The maximum Gasteiger partial charge on any atom is 0.269 e. The van der Waals surface area contributed by atoms with Crippen molar-refractivity contribution in [2.24, 2.45) is 0 Å². The number of para-hydroxylation sites is 1. The fourth-order valence-corrected chi connectivity index (χ4v) is 4.62. The van der Waals surface area contributed by atoms with E-state index in [1.165, 1.54) is 27.4 Å². The maximum atomic E-state index is 13.5. The van der Waals surface area contributed by atoms with E-state index in [1.807, 2.05) is 48.5 Å². The molecule has 172 valence electrons. The van der Waals surface area contributed by atoms with Gasteiger partial charge in [0.25, 0.3) is 5.56 Å². The third kappa shape index (κ3) is 4.44. The fraction of sp³-hybridized carbons (Fsp3) is 0.143. The summed E-state index contributed by atoms with van der Waals surface area (Å²) in [5.74, 6) is 0.692. The molecule has 5 aromatic rings. The van der Waals surface area contributed by atoms with Crippen molar-refractivity contribution < 1.29 is 4.74 Å². The molecular formula is C28H22N4O2S. The van der Waals surface area contributed by atoms with Gasteiger partial charge in [-0.3, -0.25) is 9.20 Å². The molecule has 0 aliphatic carbocycles. The number of nitrogens with zero attached hydrogens (tertiary/aromatic N) is 4. The number of nitriles is 1. The van der Waals surface area contributed by atoms with Crippen LogP contribution >= 0.6 is 11.3 Å². The number of thiazole rings is 1. The normalized spacial score (nSPS) is 12.1. The third-order valence-electron chi connectivity index (χ3n) is 5.60. The highest BCUT2D eigenvalue weighted by Crippen LogP contribution is 2.31. The van der Waals surface area contributed by atoms with Gasteiger partial charge in [-0.1, -0.05) is 51.1 Å². The van der Waals surface area contributed by atoms with Crippen molar-refractivity contribution in [3.8, 4) is 17.7 Å². The Morgan fingerprint density at radius 2 is 1.77 bits per heavy atom. The predicted octanol–water partition coefficient (Wildman–Crippen LogP) is 6.46. The molecule has 0 bridgehead atoms. The number of aromatic nitrogens is 3. The first-order chi connectivity index (χ1) is 16.8. The van der Waals surface area contributed by atoms with E-state index in [9.17, 15) is 10.1 Å². The Balaban J connectivity index is 1.64. The van der Waals surface area contributed by atoms with Crippen LogP contribution in [0.25, 0.3) is 27.5 Å². The van der Waals surface area contributed by atoms with Crippen LogP contribution in [-0.4, -0.2) is 14.4 Å². The van der Waals surface area contributed by atoms with Crippen LogP contribution < -0.4 is 10.3 Å². The Morgan fingerprint density at radius 3 is 2.49 bits per heavy atom. The highest BCUT2D eigenvalue weighted by Gasteiger charge is 2.18. The number of fused-ring (bicyclic) bond motifs is 2. The van der Waals surface area contributed by atoms with Crippen LogP contribution in [-0.2, 0) is 5.41 Å². The van der Waals surface area contributed by atoms with Gasteiger partial charge < -0.3 is 4.74 Å². The SMILES string of the molecule is CC(C)(C)c1ccc(Oc2nc3ccccn3c(=O)c2/C=C(\C#N)c2nc3ccccc3s2)cc1. The van der Waals surface area contributed by atoms with Crippen molar-refractivity contribution in [1.82, 2.24) is 14.4 Å². The molecule has 2 aromatic carbocycles. The summed E-state index contributed by atoms with van der Waals surface area (Å²) >= 11 is 1.40. The summed E-state index contributed by atoms with van der Waals surface area (Å²) in [6, 6.07) is 22.9. The summed E-state index contributed by atoms with van der Waals surface area (Å²) in [5, 5.41) is 10.5. The molecule has 0 radical (unpaired) electrons. The average molecular weight is 479 g/mol.